The van der Waals surface area contributed by atoms with E-state index in [9.17, 15) is 9.18 Å². The van der Waals surface area contributed by atoms with Gasteiger partial charge in [0.05, 0.1) is 23.3 Å². The van der Waals surface area contributed by atoms with Crippen LogP contribution in [0.3, 0.4) is 0 Å². The van der Waals surface area contributed by atoms with Gasteiger partial charge < -0.3 is 14.2 Å². The molecular weight excluding hydrogens is 251 g/mol. The van der Waals surface area contributed by atoms with Crippen LogP contribution in [0.5, 0.6) is 0 Å². The van der Waals surface area contributed by atoms with E-state index in [4.69, 9.17) is 9.26 Å². The molecule has 0 amide bonds. The van der Waals surface area contributed by atoms with Crippen molar-refractivity contribution in [2.45, 2.75) is 26.1 Å². The highest BCUT2D eigenvalue weighted by molar-refractivity contribution is 5.81. The average Bonchev–Trinajstić information content (AvgIpc) is 2.71. The minimum absolute atomic E-state index is 0.0192. The zero-order valence-corrected chi connectivity index (χ0v) is 10.8. The summed E-state index contributed by atoms with van der Waals surface area (Å²) in [6.45, 7) is 5.13. The number of nitrogens with one attached hydrogen (secondary N) is 1. The normalized spacial score (nSPS) is 24.1. The Morgan fingerprint density at radius 3 is 2.68 bits per heavy atom. The molecule has 2 atom stereocenters. The molecule has 1 saturated heterocycles. The van der Waals surface area contributed by atoms with Crippen molar-refractivity contribution >= 4 is 16.7 Å². The van der Waals surface area contributed by atoms with Crippen LogP contribution in [0.25, 0.3) is 11.0 Å². The lowest BCUT2D eigenvalue weighted by Crippen LogP contribution is -2.45. The molecule has 3 rings (SSSR count). The number of ether oxygens (including phenoxy) is 1. The van der Waals surface area contributed by atoms with Crippen molar-refractivity contribution in [3.8, 4) is 0 Å². The summed E-state index contributed by atoms with van der Waals surface area (Å²) in [6, 6.07) is 3.20. The van der Waals surface area contributed by atoms with Crippen molar-refractivity contribution in [3.05, 3.63) is 28.3 Å². The van der Waals surface area contributed by atoms with Crippen molar-refractivity contribution in [2.24, 2.45) is 0 Å². The molecule has 6 heteroatoms. The molecule has 1 aliphatic rings. The zero-order chi connectivity index (χ0) is 13.6. The fraction of sp³-hybridized carbons (Fsp3) is 0.462. The Labute approximate surface area is 108 Å². The van der Waals surface area contributed by atoms with E-state index >= 15 is 0 Å². The Kier molecular flexibility index (Phi) is 2.82. The lowest BCUT2D eigenvalue weighted by Gasteiger charge is -2.36. The number of fused-ring (bicyclic) bond motifs is 1. The first-order valence-corrected chi connectivity index (χ1v) is 6.26. The molecule has 0 bridgehead atoms. The second-order valence-electron chi connectivity index (χ2n) is 4.97. The van der Waals surface area contributed by atoms with Crippen molar-refractivity contribution in [1.82, 2.24) is 5.16 Å². The van der Waals surface area contributed by atoms with Gasteiger partial charge in [0.2, 0.25) is 5.58 Å². The smallest absolute Gasteiger partial charge is 0.287 e. The van der Waals surface area contributed by atoms with E-state index in [1.54, 1.807) is 12.1 Å². The minimum atomic E-state index is -0.503. The van der Waals surface area contributed by atoms with Crippen LogP contribution in [-0.4, -0.2) is 30.5 Å². The highest BCUT2D eigenvalue weighted by Gasteiger charge is 2.26. The number of nitrogens with zero attached hydrogens (tertiary/aromatic N) is 1. The molecule has 2 heterocycles. The molecule has 2 aromatic rings. The number of rotatable bonds is 1. The SMILES string of the molecule is C[C@@H]1CN(c2ccc3c(=O)[nH]oc3c2F)C[C@H](C)O1. The summed E-state index contributed by atoms with van der Waals surface area (Å²) in [5, 5.41) is 2.38. The standard InChI is InChI=1S/C13H15FN2O3/c1-7-5-16(6-8(2)18-7)10-4-3-9-12(11(10)14)19-15-13(9)17/h3-4,7-8H,5-6H2,1-2H3,(H,15,17)/t7-,8+. The summed E-state index contributed by atoms with van der Waals surface area (Å²) in [5.41, 5.74) is 0.00992. The Morgan fingerprint density at radius 2 is 2.00 bits per heavy atom. The van der Waals surface area contributed by atoms with Crippen LogP contribution in [0.2, 0.25) is 0 Å². The van der Waals surface area contributed by atoms with Gasteiger partial charge in [-0.3, -0.25) is 4.79 Å². The lowest BCUT2D eigenvalue weighted by atomic mass is 10.1. The maximum atomic E-state index is 14.4. The molecule has 1 fully saturated rings. The molecule has 1 aliphatic heterocycles. The topological polar surface area (TPSA) is 58.5 Å². The monoisotopic (exact) mass is 266 g/mol. The quantitative estimate of drug-likeness (QED) is 0.856. The lowest BCUT2D eigenvalue weighted by molar-refractivity contribution is -0.00538. The number of aromatic amines is 1. The van der Waals surface area contributed by atoms with E-state index in [1.807, 2.05) is 18.7 Å². The third-order valence-electron chi connectivity index (χ3n) is 3.33. The Balaban J connectivity index is 2.05. The second-order valence-corrected chi connectivity index (χ2v) is 4.97. The molecule has 1 aromatic carbocycles. The van der Waals surface area contributed by atoms with Gasteiger partial charge in [0, 0.05) is 13.1 Å². The summed E-state index contributed by atoms with van der Waals surface area (Å²) < 4.78 is 24.9. The molecule has 102 valence electrons. The highest BCUT2D eigenvalue weighted by atomic mass is 19.1. The summed E-state index contributed by atoms with van der Waals surface area (Å²) in [4.78, 5) is 13.3. The van der Waals surface area contributed by atoms with E-state index in [0.717, 1.165) is 0 Å². The van der Waals surface area contributed by atoms with Gasteiger partial charge in [-0.15, -0.1) is 0 Å². The molecule has 0 spiro atoms. The van der Waals surface area contributed by atoms with Gasteiger partial charge in [-0.1, -0.05) is 0 Å². The molecule has 0 radical (unpaired) electrons. The van der Waals surface area contributed by atoms with Crippen LogP contribution in [0.15, 0.2) is 21.5 Å². The van der Waals surface area contributed by atoms with Crippen LogP contribution in [0.4, 0.5) is 10.1 Å². The summed E-state index contributed by atoms with van der Waals surface area (Å²) in [7, 11) is 0. The van der Waals surface area contributed by atoms with Crippen LogP contribution in [-0.2, 0) is 4.74 Å². The maximum Gasteiger partial charge on any atom is 0.287 e. The van der Waals surface area contributed by atoms with E-state index in [2.05, 4.69) is 5.16 Å². The fourth-order valence-corrected chi connectivity index (χ4v) is 2.60. The molecule has 1 N–H and O–H groups in total. The maximum absolute atomic E-state index is 14.4. The number of hydrogen-bond acceptors (Lipinski definition) is 4. The third-order valence-corrected chi connectivity index (χ3v) is 3.33. The van der Waals surface area contributed by atoms with Crippen LogP contribution < -0.4 is 10.5 Å². The number of benzene rings is 1. The predicted molar refractivity (Wildman–Crippen MR) is 69.0 cm³/mol. The van der Waals surface area contributed by atoms with Gasteiger partial charge in [0.25, 0.3) is 5.56 Å². The Morgan fingerprint density at radius 1 is 1.32 bits per heavy atom. The average molecular weight is 266 g/mol. The first-order chi connectivity index (χ1) is 9.06. The number of halogens is 1. The Hall–Kier alpha value is -1.82. The van der Waals surface area contributed by atoms with E-state index in [-0.39, 0.29) is 23.2 Å². The largest absolute Gasteiger partial charge is 0.375 e. The highest BCUT2D eigenvalue weighted by Crippen LogP contribution is 2.28. The number of hydrogen-bond donors (Lipinski definition) is 1. The fourth-order valence-electron chi connectivity index (χ4n) is 2.60. The minimum Gasteiger partial charge on any atom is -0.375 e. The first-order valence-electron chi connectivity index (χ1n) is 6.26. The molecule has 5 nitrogen and oxygen atoms in total. The Bertz CT molecular complexity index is 653. The number of H-pyrrole nitrogens is 1. The molecule has 0 saturated carbocycles. The van der Waals surface area contributed by atoms with Gasteiger partial charge in [-0.2, -0.15) is 5.16 Å². The zero-order valence-electron chi connectivity index (χ0n) is 10.8. The first kappa shape index (κ1) is 12.2. The van der Waals surface area contributed by atoms with E-state index in [0.29, 0.717) is 18.8 Å². The van der Waals surface area contributed by atoms with Crippen molar-refractivity contribution in [2.75, 3.05) is 18.0 Å². The number of morpholine rings is 1. The van der Waals surface area contributed by atoms with Crippen molar-refractivity contribution in [1.29, 1.82) is 0 Å². The van der Waals surface area contributed by atoms with Gasteiger partial charge in [-0.25, -0.2) is 4.39 Å². The van der Waals surface area contributed by atoms with E-state index in [1.165, 1.54) is 0 Å². The van der Waals surface area contributed by atoms with Gasteiger partial charge >= 0.3 is 0 Å². The summed E-state index contributed by atoms with van der Waals surface area (Å²) in [5.74, 6) is -0.503. The molecular formula is C13H15FN2O3. The van der Waals surface area contributed by atoms with Crippen molar-refractivity contribution in [3.63, 3.8) is 0 Å². The van der Waals surface area contributed by atoms with Gasteiger partial charge in [0.1, 0.15) is 0 Å². The summed E-state index contributed by atoms with van der Waals surface area (Å²) >= 11 is 0. The van der Waals surface area contributed by atoms with Gasteiger partial charge in [-0.05, 0) is 26.0 Å². The van der Waals surface area contributed by atoms with Gasteiger partial charge in [0.15, 0.2) is 5.82 Å². The summed E-state index contributed by atoms with van der Waals surface area (Å²) in [6.07, 6.45) is 0.0779. The molecule has 1 aromatic heterocycles. The van der Waals surface area contributed by atoms with Crippen molar-refractivity contribution < 1.29 is 13.7 Å². The van der Waals surface area contributed by atoms with Crippen LogP contribution in [0.1, 0.15) is 13.8 Å². The predicted octanol–water partition coefficient (Wildman–Crippen LogP) is 1.87. The second kappa shape index (κ2) is 4.38. The number of anilines is 1. The molecule has 0 aliphatic carbocycles. The number of aromatic nitrogens is 1. The molecule has 0 unspecified atom stereocenters. The van der Waals surface area contributed by atoms with E-state index < -0.39 is 11.4 Å². The molecule has 19 heavy (non-hydrogen) atoms. The van der Waals surface area contributed by atoms with Crippen LogP contribution in [0, 0.1) is 5.82 Å². The van der Waals surface area contributed by atoms with Crippen LogP contribution >= 0.6 is 0 Å². The third kappa shape index (κ3) is 2.02.